The molecule has 0 N–H and O–H groups in total. The van der Waals surface area contributed by atoms with Gasteiger partial charge >= 0.3 is 0 Å². The highest BCUT2D eigenvalue weighted by atomic mass is 16.5. The van der Waals surface area contributed by atoms with Crippen molar-refractivity contribution in [2.75, 3.05) is 0 Å². The number of rotatable bonds is 7. The average Bonchev–Trinajstić information content (AvgIpc) is 2.68. The van der Waals surface area contributed by atoms with Crippen LogP contribution < -0.4 is 0 Å². The van der Waals surface area contributed by atoms with E-state index in [0.717, 1.165) is 23.7 Å². The van der Waals surface area contributed by atoms with Crippen molar-refractivity contribution in [2.24, 2.45) is 23.7 Å². The Balaban J connectivity index is 1.34. The second-order valence-corrected chi connectivity index (χ2v) is 9.37. The minimum absolute atomic E-state index is 0.518. The van der Waals surface area contributed by atoms with Gasteiger partial charge < -0.3 is 4.74 Å². The van der Waals surface area contributed by atoms with Crippen molar-refractivity contribution in [3.05, 3.63) is 11.8 Å². The number of hydrogen-bond acceptors (Lipinski definition) is 1. The maximum atomic E-state index is 6.19. The maximum Gasteiger partial charge on any atom is 0.0981 e. The molecule has 1 heterocycles. The van der Waals surface area contributed by atoms with Crippen LogP contribution in [0.3, 0.4) is 0 Å². The van der Waals surface area contributed by atoms with Gasteiger partial charge in [0, 0.05) is 0 Å². The van der Waals surface area contributed by atoms with Crippen LogP contribution in [-0.2, 0) is 4.74 Å². The van der Waals surface area contributed by atoms with Crippen LogP contribution in [0.5, 0.6) is 0 Å². The van der Waals surface area contributed by atoms with Gasteiger partial charge in [-0.3, -0.25) is 0 Å². The second-order valence-electron chi connectivity index (χ2n) is 9.37. The van der Waals surface area contributed by atoms with Gasteiger partial charge in [-0.15, -0.1) is 0 Å². The molecule has 1 aliphatic heterocycles. The summed E-state index contributed by atoms with van der Waals surface area (Å²) < 4.78 is 6.19. The molecule has 3 aliphatic rings. The lowest BCUT2D eigenvalue weighted by molar-refractivity contribution is 0.0936. The Morgan fingerprint density at radius 3 is 2.00 bits per heavy atom. The van der Waals surface area contributed by atoms with E-state index in [1.54, 1.807) is 5.57 Å². The van der Waals surface area contributed by atoms with Crippen molar-refractivity contribution in [3.8, 4) is 0 Å². The predicted octanol–water partition coefficient (Wildman–Crippen LogP) is 7.65. The quantitative estimate of drug-likeness (QED) is 0.460. The first-order chi connectivity index (χ1) is 12.3. The van der Waals surface area contributed by atoms with Gasteiger partial charge in [-0.1, -0.05) is 58.8 Å². The Morgan fingerprint density at radius 1 is 0.760 bits per heavy atom. The third kappa shape index (κ3) is 5.76. The van der Waals surface area contributed by atoms with E-state index in [2.05, 4.69) is 20.1 Å². The van der Waals surface area contributed by atoms with E-state index in [4.69, 9.17) is 4.74 Å². The summed E-state index contributed by atoms with van der Waals surface area (Å²) in [5, 5.41) is 0. The van der Waals surface area contributed by atoms with Crippen molar-refractivity contribution in [1.29, 1.82) is 0 Å². The summed E-state index contributed by atoms with van der Waals surface area (Å²) in [7, 11) is 0. The molecule has 0 radical (unpaired) electrons. The molecule has 1 heteroatoms. The molecule has 0 bridgehead atoms. The second kappa shape index (κ2) is 10.0. The molecule has 1 atom stereocenters. The zero-order valence-electron chi connectivity index (χ0n) is 17.0. The Labute approximate surface area is 157 Å². The predicted molar refractivity (Wildman–Crippen MR) is 108 cm³/mol. The normalized spacial score (nSPS) is 36.6. The Morgan fingerprint density at radius 2 is 1.40 bits per heavy atom. The third-order valence-electron chi connectivity index (χ3n) is 7.68. The zero-order chi connectivity index (χ0) is 17.5. The molecule has 144 valence electrons. The largest absolute Gasteiger partial charge is 0.498 e. The van der Waals surface area contributed by atoms with E-state index in [0.29, 0.717) is 6.10 Å². The van der Waals surface area contributed by atoms with Crippen molar-refractivity contribution < 1.29 is 4.74 Å². The zero-order valence-corrected chi connectivity index (χ0v) is 17.0. The minimum atomic E-state index is 0.518. The van der Waals surface area contributed by atoms with Gasteiger partial charge in [-0.05, 0) is 80.6 Å². The number of ether oxygens (including phenoxy) is 1. The highest BCUT2D eigenvalue weighted by Crippen LogP contribution is 2.39. The van der Waals surface area contributed by atoms with Crippen molar-refractivity contribution in [3.63, 3.8) is 0 Å². The summed E-state index contributed by atoms with van der Waals surface area (Å²) in [6.07, 6.45) is 23.9. The van der Waals surface area contributed by atoms with Gasteiger partial charge in [0.25, 0.3) is 0 Å². The molecule has 1 unspecified atom stereocenters. The third-order valence-corrected chi connectivity index (χ3v) is 7.68. The molecule has 0 aromatic carbocycles. The highest BCUT2D eigenvalue weighted by Gasteiger charge is 2.27. The molecule has 2 fully saturated rings. The summed E-state index contributed by atoms with van der Waals surface area (Å²) in [6.45, 7) is 4.69. The molecule has 2 aliphatic carbocycles. The van der Waals surface area contributed by atoms with Crippen LogP contribution in [0.1, 0.15) is 110 Å². The number of allylic oxidation sites excluding steroid dienone is 1. The fourth-order valence-electron chi connectivity index (χ4n) is 5.73. The smallest absolute Gasteiger partial charge is 0.0981 e. The molecular weight excluding hydrogens is 304 g/mol. The highest BCUT2D eigenvalue weighted by molar-refractivity contribution is 5.08. The fourth-order valence-corrected chi connectivity index (χ4v) is 5.73. The summed E-state index contributed by atoms with van der Waals surface area (Å²) >= 11 is 0. The van der Waals surface area contributed by atoms with Crippen molar-refractivity contribution in [1.82, 2.24) is 0 Å². The summed E-state index contributed by atoms with van der Waals surface area (Å²) in [4.78, 5) is 0. The van der Waals surface area contributed by atoms with Crippen LogP contribution in [0, 0.1) is 23.7 Å². The first kappa shape index (κ1) is 19.3. The van der Waals surface area contributed by atoms with Gasteiger partial charge in [-0.25, -0.2) is 0 Å². The summed E-state index contributed by atoms with van der Waals surface area (Å²) in [5.74, 6) is 3.88. The topological polar surface area (TPSA) is 9.23 Å². The summed E-state index contributed by atoms with van der Waals surface area (Å²) in [5.41, 5.74) is 1.65. The lowest BCUT2D eigenvalue weighted by Gasteiger charge is -2.33. The van der Waals surface area contributed by atoms with Crippen LogP contribution in [0.4, 0.5) is 0 Å². The molecule has 0 aromatic heterocycles. The molecule has 3 rings (SSSR count). The van der Waals surface area contributed by atoms with Crippen LogP contribution in [0.25, 0.3) is 0 Å². The van der Waals surface area contributed by atoms with E-state index in [-0.39, 0.29) is 0 Å². The number of hydrogen-bond donors (Lipinski definition) is 0. The molecule has 2 saturated carbocycles. The van der Waals surface area contributed by atoms with Crippen molar-refractivity contribution in [2.45, 2.75) is 116 Å². The van der Waals surface area contributed by atoms with Gasteiger partial charge in [0.05, 0.1) is 12.4 Å². The van der Waals surface area contributed by atoms with Crippen molar-refractivity contribution >= 4 is 0 Å². The summed E-state index contributed by atoms with van der Waals surface area (Å²) in [6, 6.07) is 0. The van der Waals surface area contributed by atoms with Gasteiger partial charge in [0.15, 0.2) is 0 Å². The first-order valence-electron chi connectivity index (χ1n) is 11.6. The molecule has 1 nitrogen and oxygen atoms in total. The van der Waals surface area contributed by atoms with E-state index in [1.807, 2.05) is 0 Å². The van der Waals surface area contributed by atoms with Crippen LogP contribution in [0.15, 0.2) is 11.8 Å². The Hall–Kier alpha value is -0.460. The SMILES string of the molecule is CCCC1CCC(C2=COC(CCC3CCC(CC)CC3)CC2)CC1. The Bertz CT molecular complexity index is 396. The molecule has 25 heavy (non-hydrogen) atoms. The van der Waals surface area contributed by atoms with Crippen LogP contribution in [-0.4, -0.2) is 6.10 Å². The maximum absolute atomic E-state index is 6.19. The average molecular weight is 347 g/mol. The minimum Gasteiger partial charge on any atom is -0.498 e. The van der Waals surface area contributed by atoms with Gasteiger partial charge in [0.2, 0.25) is 0 Å². The Kier molecular flexibility index (Phi) is 7.74. The molecule has 0 spiro atoms. The van der Waals surface area contributed by atoms with Crippen LogP contribution >= 0.6 is 0 Å². The van der Waals surface area contributed by atoms with E-state index < -0.39 is 0 Å². The first-order valence-corrected chi connectivity index (χ1v) is 11.6. The standard InChI is InChI=1S/C24H42O/c1-3-5-20-10-13-22(14-11-20)23-15-17-24(25-18-23)16-12-21-8-6-19(4-2)7-9-21/h18-22,24H,3-17H2,1-2H3. The van der Waals surface area contributed by atoms with E-state index in [9.17, 15) is 0 Å². The van der Waals surface area contributed by atoms with E-state index in [1.165, 1.54) is 96.3 Å². The lowest BCUT2D eigenvalue weighted by atomic mass is 9.75. The lowest BCUT2D eigenvalue weighted by Crippen LogP contribution is -2.22. The molecular formula is C24H42O. The van der Waals surface area contributed by atoms with E-state index >= 15 is 0 Å². The monoisotopic (exact) mass is 346 g/mol. The molecule has 0 saturated heterocycles. The van der Waals surface area contributed by atoms with Gasteiger partial charge in [-0.2, -0.15) is 0 Å². The fraction of sp³-hybridized carbons (Fsp3) is 0.917. The van der Waals surface area contributed by atoms with Gasteiger partial charge in [0.1, 0.15) is 0 Å². The van der Waals surface area contributed by atoms with Crippen LogP contribution in [0.2, 0.25) is 0 Å². The molecule has 0 aromatic rings. The molecule has 0 amide bonds.